The van der Waals surface area contributed by atoms with E-state index in [2.05, 4.69) is 66.0 Å². The summed E-state index contributed by atoms with van der Waals surface area (Å²) in [5, 5.41) is 4.48. The third-order valence-corrected chi connectivity index (χ3v) is 5.74. The number of hydrogen-bond acceptors (Lipinski definition) is 6. The first-order valence-electron chi connectivity index (χ1n) is 9.63. The van der Waals surface area contributed by atoms with Crippen molar-refractivity contribution in [3.63, 3.8) is 0 Å². The number of rotatable bonds is 4. The van der Waals surface area contributed by atoms with Crippen LogP contribution in [-0.2, 0) is 13.0 Å². The van der Waals surface area contributed by atoms with Gasteiger partial charge in [0, 0.05) is 63.6 Å². The molecule has 0 aliphatic carbocycles. The Bertz CT molecular complexity index is 974. The molecule has 1 saturated heterocycles. The van der Waals surface area contributed by atoms with E-state index in [4.69, 9.17) is 4.98 Å². The van der Waals surface area contributed by atoms with Crippen molar-refractivity contribution in [1.29, 1.82) is 0 Å². The Labute approximate surface area is 192 Å². The van der Waals surface area contributed by atoms with Crippen LogP contribution in [-0.4, -0.2) is 62.8 Å². The van der Waals surface area contributed by atoms with Crippen LogP contribution in [0.5, 0.6) is 0 Å². The largest absolute Gasteiger partial charge is 0.351 e. The summed E-state index contributed by atoms with van der Waals surface area (Å²) < 4.78 is 6.45. The molecule has 29 heavy (non-hydrogen) atoms. The molecule has 156 valence electrons. The second kappa shape index (κ2) is 9.70. The smallest absolute Gasteiger partial charge is 0.205 e. The number of aromatic nitrogens is 4. The molecule has 1 aliphatic heterocycles. The third kappa shape index (κ3) is 4.97. The van der Waals surface area contributed by atoms with E-state index in [1.54, 1.807) is 0 Å². The van der Waals surface area contributed by atoms with Crippen LogP contribution in [0, 0.1) is 6.92 Å². The van der Waals surface area contributed by atoms with Gasteiger partial charge in [-0.25, -0.2) is 9.97 Å². The number of hydrogen-bond donors (Lipinski definition) is 1. The van der Waals surface area contributed by atoms with Crippen molar-refractivity contribution in [2.24, 2.45) is 4.99 Å². The summed E-state index contributed by atoms with van der Waals surface area (Å²) in [6, 6.07) is 4.18. The predicted octanol–water partition coefficient (Wildman–Crippen LogP) is 2.57. The fourth-order valence-electron chi connectivity index (χ4n) is 3.35. The fraction of sp³-hybridized carbons (Fsp3) is 0.474. The Balaban J connectivity index is 0.00000240. The van der Waals surface area contributed by atoms with E-state index >= 15 is 0 Å². The maximum absolute atomic E-state index is 4.69. The quantitative estimate of drug-likeness (QED) is 0.320. The van der Waals surface area contributed by atoms with Crippen molar-refractivity contribution in [2.45, 2.75) is 26.8 Å². The number of anilines is 1. The van der Waals surface area contributed by atoms with Crippen LogP contribution in [0.1, 0.15) is 24.0 Å². The summed E-state index contributed by atoms with van der Waals surface area (Å²) in [6.45, 7) is 8.49. The van der Waals surface area contributed by atoms with Gasteiger partial charge in [-0.1, -0.05) is 6.92 Å². The Hall–Kier alpha value is -1.95. The average Bonchev–Trinajstić information content (AvgIpc) is 3.35. The van der Waals surface area contributed by atoms with Crippen LogP contribution in [0.4, 0.5) is 5.13 Å². The minimum absolute atomic E-state index is 0. The summed E-state index contributed by atoms with van der Waals surface area (Å²) in [4.78, 5) is 18.4. The predicted molar refractivity (Wildman–Crippen MR) is 129 cm³/mol. The number of fused-ring (bicyclic) bond motifs is 1. The van der Waals surface area contributed by atoms with E-state index in [-0.39, 0.29) is 24.0 Å². The van der Waals surface area contributed by atoms with Gasteiger partial charge in [-0.15, -0.1) is 24.0 Å². The topological polar surface area (TPSA) is 74.0 Å². The normalized spacial score (nSPS) is 14.9. The van der Waals surface area contributed by atoms with E-state index in [0.717, 1.165) is 60.9 Å². The summed E-state index contributed by atoms with van der Waals surface area (Å²) in [7, 11) is 1.83. The number of nitrogens with one attached hydrogen (secondary N) is 1. The van der Waals surface area contributed by atoms with Gasteiger partial charge in [-0.2, -0.15) is 4.37 Å². The summed E-state index contributed by atoms with van der Waals surface area (Å²) in [5.74, 6) is 1.85. The average molecular weight is 526 g/mol. The molecule has 10 heteroatoms. The lowest BCUT2D eigenvalue weighted by atomic mass is 10.3. The van der Waals surface area contributed by atoms with Crippen LogP contribution < -0.4 is 10.2 Å². The minimum atomic E-state index is 0. The number of aliphatic imine (C=N–C) groups is 1. The molecule has 0 bridgehead atoms. The number of piperazine rings is 1. The molecule has 8 nitrogen and oxygen atoms in total. The second-order valence-electron chi connectivity index (χ2n) is 6.92. The maximum Gasteiger partial charge on any atom is 0.205 e. The SMILES string of the molecule is CCc1nsc(N2CCN(C(=NC)NCc3cn4ccc(C)cc4n3)CC2)n1.I. The van der Waals surface area contributed by atoms with E-state index in [1.165, 1.54) is 17.1 Å². The van der Waals surface area contributed by atoms with E-state index in [1.807, 2.05) is 13.2 Å². The molecule has 4 heterocycles. The Morgan fingerprint density at radius 2 is 2.03 bits per heavy atom. The van der Waals surface area contributed by atoms with Crippen LogP contribution in [0.3, 0.4) is 0 Å². The number of imidazole rings is 1. The molecule has 4 rings (SSSR count). The minimum Gasteiger partial charge on any atom is -0.351 e. The van der Waals surface area contributed by atoms with Gasteiger partial charge in [-0.3, -0.25) is 4.99 Å². The van der Waals surface area contributed by atoms with Gasteiger partial charge >= 0.3 is 0 Å². The second-order valence-corrected chi connectivity index (χ2v) is 7.65. The molecular formula is C19H27IN8S. The van der Waals surface area contributed by atoms with Crippen molar-refractivity contribution in [3.05, 3.63) is 41.6 Å². The van der Waals surface area contributed by atoms with Crippen molar-refractivity contribution in [3.8, 4) is 0 Å². The van der Waals surface area contributed by atoms with E-state index in [9.17, 15) is 0 Å². The highest BCUT2D eigenvalue weighted by Crippen LogP contribution is 2.19. The Morgan fingerprint density at radius 1 is 1.24 bits per heavy atom. The van der Waals surface area contributed by atoms with Gasteiger partial charge < -0.3 is 19.5 Å². The summed E-state index contributed by atoms with van der Waals surface area (Å²) in [6.07, 6.45) is 5.00. The summed E-state index contributed by atoms with van der Waals surface area (Å²) in [5.41, 5.74) is 3.20. The van der Waals surface area contributed by atoms with Gasteiger partial charge in [0.05, 0.1) is 12.2 Å². The molecule has 1 aliphatic rings. The zero-order chi connectivity index (χ0) is 19.5. The molecule has 0 saturated carbocycles. The number of guanidine groups is 1. The first-order chi connectivity index (χ1) is 13.7. The van der Waals surface area contributed by atoms with Gasteiger partial charge in [0.15, 0.2) is 5.96 Å². The standard InChI is InChI=1S/C19H26N8S.HI/c1-4-16-23-19(28-24-16)26-9-7-25(8-10-26)18(20-3)21-12-15-13-27-6-5-14(2)11-17(27)22-15;/h5-6,11,13H,4,7-10,12H2,1-3H3,(H,20,21);1H. The molecule has 3 aromatic rings. The molecule has 1 fully saturated rings. The van der Waals surface area contributed by atoms with Gasteiger partial charge in [0.1, 0.15) is 11.5 Å². The molecule has 0 radical (unpaired) electrons. The van der Waals surface area contributed by atoms with E-state index in [0.29, 0.717) is 6.54 Å². The van der Waals surface area contributed by atoms with Crippen molar-refractivity contribution < 1.29 is 0 Å². The first kappa shape index (κ1) is 21.8. The van der Waals surface area contributed by atoms with Gasteiger partial charge in [0.2, 0.25) is 5.13 Å². The highest BCUT2D eigenvalue weighted by atomic mass is 127. The van der Waals surface area contributed by atoms with Crippen LogP contribution >= 0.6 is 35.5 Å². The lowest BCUT2D eigenvalue weighted by molar-refractivity contribution is 0.372. The van der Waals surface area contributed by atoms with Gasteiger partial charge in [0.25, 0.3) is 0 Å². The maximum atomic E-state index is 4.69. The molecule has 0 atom stereocenters. The zero-order valence-electron chi connectivity index (χ0n) is 17.0. The van der Waals surface area contributed by atoms with Crippen LogP contribution in [0.25, 0.3) is 5.65 Å². The fourth-order valence-corrected chi connectivity index (χ4v) is 4.15. The van der Waals surface area contributed by atoms with E-state index < -0.39 is 0 Å². The highest BCUT2D eigenvalue weighted by molar-refractivity contribution is 14.0. The first-order valence-corrected chi connectivity index (χ1v) is 10.4. The number of halogens is 1. The molecule has 0 unspecified atom stereocenters. The molecule has 1 N–H and O–H groups in total. The molecule has 0 amide bonds. The van der Waals surface area contributed by atoms with Crippen molar-refractivity contribution in [1.82, 2.24) is 29.0 Å². The zero-order valence-corrected chi connectivity index (χ0v) is 20.1. The number of aryl methyl sites for hydroxylation is 2. The third-order valence-electron chi connectivity index (χ3n) is 4.93. The molecule has 0 spiro atoms. The number of nitrogens with zero attached hydrogens (tertiary/aromatic N) is 7. The molecule has 0 aromatic carbocycles. The molecule has 3 aromatic heterocycles. The van der Waals surface area contributed by atoms with Crippen LogP contribution in [0.2, 0.25) is 0 Å². The van der Waals surface area contributed by atoms with Gasteiger partial charge in [-0.05, 0) is 24.6 Å². The Morgan fingerprint density at radius 3 is 2.72 bits per heavy atom. The Kier molecular flexibility index (Phi) is 7.28. The van der Waals surface area contributed by atoms with Crippen molar-refractivity contribution in [2.75, 3.05) is 38.1 Å². The lowest BCUT2D eigenvalue weighted by Gasteiger charge is -2.36. The highest BCUT2D eigenvalue weighted by Gasteiger charge is 2.22. The van der Waals surface area contributed by atoms with Crippen molar-refractivity contribution >= 4 is 52.2 Å². The molecular weight excluding hydrogens is 499 g/mol. The van der Waals surface area contributed by atoms with Crippen LogP contribution in [0.15, 0.2) is 29.5 Å². The lowest BCUT2D eigenvalue weighted by Crippen LogP contribution is -2.52. The monoisotopic (exact) mass is 526 g/mol. The number of pyridine rings is 1. The summed E-state index contributed by atoms with van der Waals surface area (Å²) >= 11 is 1.50.